The maximum Gasteiger partial charge on any atom is 0.0406 e. The van der Waals surface area contributed by atoms with Crippen molar-refractivity contribution in [1.29, 1.82) is 0 Å². The lowest BCUT2D eigenvalue weighted by molar-refractivity contribution is -0.0584. The summed E-state index contributed by atoms with van der Waals surface area (Å²) < 4.78 is 0. The fourth-order valence-electron chi connectivity index (χ4n) is 7.13. The van der Waals surface area contributed by atoms with Gasteiger partial charge in [-0.2, -0.15) is 0 Å². The van der Waals surface area contributed by atoms with Crippen LogP contribution < -0.4 is 0 Å². The first-order valence-electron chi connectivity index (χ1n) is 15.0. The van der Waals surface area contributed by atoms with Gasteiger partial charge in [-0.25, -0.2) is 0 Å². The molecule has 2 aromatic carbocycles. The molecule has 2 aromatic rings. The summed E-state index contributed by atoms with van der Waals surface area (Å²) in [7, 11) is 0. The Morgan fingerprint density at radius 2 is 0.692 bits per heavy atom. The van der Waals surface area contributed by atoms with E-state index in [1.807, 2.05) is 24.3 Å². The molecule has 2 aliphatic rings. The third-order valence-electron chi connectivity index (χ3n) is 10.4. The van der Waals surface area contributed by atoms with Crippen LogP contribution in [0.1, 0.15) is 72.9 Å². The first-order chi connectivity index (χ1) is 18.5. The Labute approximate surface area is 248 Å². The van der Waals surface area contributed by atoms with Crippen LogP contribution in [0.3, 0.4) is 0 Å². The quantitative estimate of drug-likeness (QED) is 0.326. The lowest BCUT2D eigenvalue weighted by atomic mass is 9.92. The molecule has 2 heterocycles. The molecule has 2 aliphatic heterocycles. The van der Waals surface area contributed by atoms with E-state index < -0.39 is 0 Å². The van der Waals surface area contributed by atoms with E-state index in [1.54, 1.807) is 0 Å². The summed E-state index contributed by atoms with van der Waals surface area (Å²) in [6, 6.07) is 20.8. The highest BCUT2D eigenvalue weighted by Gasteiger charge is 2.41. The van der Waals surface area contributed by atoms with E-state index in [1.165, 1.54) is 17.5 Å². The molecule has 4 rings (SSSR count). The van der Waals surface area contributed by atoms with Crippen molar-refractivity contribution in [3.63, 3.8) is 0 Å². The van der Waals surface area contributed by atoms with Crippen molar-refractivity contribution in [2.24, 2.45) is 0 Å². The summed E-state index contributed by atoms with van der Waals surface area (Å²) >= 11 is 12.3. The molecule has 0 bridgehead atoms. The van der Waals surface area contributed by atoms with E-state index in [4.69, 9.17) is 23.2 Å². The van der Waals surface area contributed by atoms with Crippen LogP contribution in [-0.2, 0) is 13.1 Å². The van der Waals surface area contributed by atoms with E-state index >= 15 is 0 Å². The zero-order valence-corrected chi connectivity index (χ0v) is 26.8. The Balaban J connectivity index is 1.34. The standard InChI is InChI=1S/C33H50Cl2N4/c1-22-26(5)38(20-30-10-14-32(34)15-11-30)27(6)23(2)36(22)18-9-19-37-24(3)28(7)39(29(8)25(37)4)21-31-12-16-33(35)17-13-31/h10-17,22-29H,9,18-21H2,1-8H3. The molecule has 0 spiro atoms. The number of hydrogen-bond donors (Lipinski definition) is 0. The van der Waals surface area contributed by atoms with Crippen LogP contribution in [0.4, 0.5) is 0 Å². The lowest BCUT2D eigenvalue weighted by Gasteiger charge is -2.54. The van der Waals surface area contributed by atoms with Gasteiger partial charge in [0.05, 0.1) is 0 Å². The Bertz CT molecular complexity index is 929. The van der Waals surface area contributed by atoms with Gasteiger partial charge in [-0.15, -0.1) is 0 Å². The van der Waals surface area contributed by atoms with E-state index in [2.05, 4.69) is 99.3 Å². The minimum Gasteiger partial charge on any atom is -0.295 e. The zero-order chi connectivity index (χ0) is 28.4. The van der Waals surface area contributed by atoms with Gasteiger partial charge in [-0.3, -0.25) is 19.6 Å². The second-order valence-electron chi connectivity index (χ2n) is 12.4. The van der Waals surface area contributed by atoms with Crippen LogP contribution in [0, 0.1) is 0 Å². The smallest absolute Gasteiger partial charge is 0.0406 e. The zero-order valence-electron chi connectivity index (χ0n) is 25.3. The molecule has 0 aromatic heterocycles. The highest BCUT2D eigenvalue weighted by Crippen LogP contribution is 2.31. The molecule has 0 radical (unpaired) electrons. The average molecular weight is 574 g/mol. The molecule has 0 N–H and O–H groups in total. The van der Waals surface area contributed by atoms with Gasteiger partial charge in [-0.1, -0.05) is 47.5 Å². The molecule has 6 heteroatoms. The minimum absolute atomic E-state index is 0.501. The van der Waals surface area contributed by atoms with Crippen molar-refractivity contribution in [1.82, 2.24) is 19.6 Å². The van der Waals surface area contributed by atoms with Crippen molar-refractivity contribution in [3.05, 3.63) is 69.7 Å². The van der Waals surface area contributed by atoms with E-state index in [-0.39, 0.29) is 0 Å². The molecule has 0 amide bonds. The monoisotopic (exact) mass is 572 g/mol. The first kappa shape index (κ1) is 30.8. The van der Waals surface area contributed by atoms with Gasteiger partial charge in [0.2, 0.25) is 0 Å². The van der Waals surface area contributed by atoms with Crippen molar-refractivity contribution >= 4 is 23.2 Å². The van der Waals surface area contributed by atoms with Crippen molar-refractivity contribution < 1.29 is 0 Å². The number of rotatable bonds is 8. The molecule has 8 unspecified atom stereocenters. The fraction of sp³-hybridized carbons (Fsp3) is 0.636. The molecule has 39 heavy (non-hydrogen) atoms. The molecular formula is C33H50Cl2N4. The van der Waals surface area contributed by atoms with Gasteiger partial charge in [0, 0.05) is 84.6 Å². The first-order valence-corrected chi connectivity index (χ1v) is 15.8. The number of hydrogen-bond acceptors (Lipinski definition) is 4. The Kier molecular flexibility index (Phi) is 10.5. The van der Waals surface area contributed by atoms with Crippen molar-refractivity contribution in [3.8, 4) is 0 Å². The molecule has 8 atom stereocenters. The maximum atomic E-state index is 6.13. The molecule has 2 saturated heterocycles. The van der Waals surface area contributed by atoms with Crippen LogP contribution in [0.5, 0.6) is 0 Å². The predicted octanol–water partition coefficient (Wildman–Crippen LogP) is 7.43. The summed E-state index contributed by atoms with van der Waals surface area (Å²) in [5.74, 6) is 0. The summed E-state index contributed by atoms with van der Waals surface area (Å²) in [6.07, 6.45) is 1.20. The van der Waals surface area contributed by atoms with Gasteiger partial charge < -0.3 is 0 Å². The third-order valence-corrected chi connectivity index (χ3v) is 10.9. The van der Waals surface area contributed by atoms with E-state index in [0.717, 1.165) is 36.2 Å². The Hall–Kier alpha value is -1.14. The molecule has 4 nitrogen and oxygen atoms in total. The summed E-state index contributed by atoms with van der Waals surface area (Å²) in [4.78, 5) is 10.9. The lowest BCUT2D eigenvalue weighted by Crippen LogP contribution is -2.66. The predicted molar refractivity (Wildman–Crippen MR) is 168 cm³/mol. The van der Waals surface area contributed by atoms with Crippen LogP contribution in [-0.4, -0.2) is 81.0 Å². The molecule has 0 aliphatic carbocycles. The Morgan fingerprint density at radius 1 is 0.436 bits per heavy atom. The van der Waals surface area contributed by atoms with Gasteiger partial charge in [-0.05, 0) is 97.2 Å². The van der Waals surface area contributed by atoms with Gasteiger partial charge in [0.1, 0.15) is 0 Å². The Morgan fingerprint density at radius 3 is 0.974 bits per heavy atom. The van der Waals surface area contributed by atoms with Gasteiger partial charge in [0.25, 0.3) is 0 Å². The minimum atomic E-state index is 0.501. The fourth-order valence-corrected chi connectivity index (χ4v) is 7.38. The number of nitrogens with zero attached hydrogens (tertiary/aromatic N) is 4. The van der Waals surface area contributed by atoms with Crippen LogP contribution in [0.15, 0.2) is 48.5 Å². The summed E-state index contributed by atoms with van der Waals surface area (Å²) in [6.45, 7) is 23.6. The molecule has 0 saturated carbocycles. The van der Waals surface area contributed by atoms with Crippen molar-refractivity contribution in [2.45, 2.75) is 123 Å². The second-order valence-corrected chi connectivity index (χ2v) is 13.2. The molecule has 216 valence electrons. The van der Waals surface area contributed by atoms with Crippen molar-refractivity contribution in [2.75, 3.05) is 13.1 Å². The number of halogens is 2. The highest BCUT2D eigenvalue weighted by molar-refractivity contribution is 6.30. The van der Waals surface area contributed by atoms with Crippen LogP contribution in [0.2, 0.25) is 10.0 Å². The number of piperazine rings is 2. The third kappa shape index (κ3) is 6.85. The largest absolute Gasteiger partial charge is 0.295 e. The summed E-state index contributed by atoms with van der Waals surface area (Å²) in [5, 5.41) is 1.61. The second kappa shape index (κ2) is 13.2. The van der Waals surface area contributed by atoms with Crippen LogP contribution >= 0.6 is 23.2 Å². The normalized spacial score (nSPS) is 33.5. The maximum absolute atomic E-state index is 6.13. The average Bonchev–Trinajstić information content (AvgIpc) is 2.92. The van der Waals surface area contributed by atoms with Crippen LogP contribution in [0.25, 0.3) is 0 Å². The van der Waals surface area contributed by atoms with E-state index in [9.17, 15) is 0 Å². The molecule has 2 fully saturated rings. The van der Waals surface area contributed by atoms with Gasteiger partial charge >= 0.3 is 0 Å². The SMILES string of the molecule is CC1C(C)N(Cc2ccc(Cl)cc2)C(C)C(C)N1CCCN1C(C)C(C)N(Cc2ccc(Cl)cc2)C(C)C1C. The highest BCUT2D eigenvalue weighted by atomic mass is 35.5. The summed E-state index contributed by atoms with van der Waals surface area (Å²) in [5.41, 5.74) is 2.68. The van der Waals surface area contributed by atoms with Gasteiger partial charge in [0.15, 0.2) is 0 Å². The topological polar surface area (TPSA) is 13.0 Å². The number of benzene rings is 2. The van der Waals surface area contributed by atoms with E-state index in [0.29, 0.717) is 48.3 Å². The molecular weight excluding hydrogens is 523 g/mol.